The second kappa shape index (κ2) is 12.8. The first kappa shape index (κ1) is 33.4. The van der Waals surface area contributed by atoms with Gasteiger partial charge in [-0.05, 0) is 62.0 Å². The van der Waals surface area contributed by atoms with Crippen molar-refractivity contribution in [2.24, 2.45) is 5.41 Å². The minimum Gasteiger partial charge on any atom is -0.497 e. The number of aromatic nitrogens is 5. The summed E-state index contributed by atoms with van der Waals surface area (Å²) >= 11 is 0. The van der Waals surface area contributed by atoms with Crippen LogP contribution in [0.4, 0.5) is 11.4 Å². The molecule has 0 fully saturated rings. The Hall–Kier alpha value is -3.50. The second-order valence-electron chi connectivity index (χ2n) is 14.6. The van der Waals surface area contributed by atoms with E-state index >= 15 is 0 Å². The molecule has 238 valence electrons. The molecule has 1 aromatic carbocycles. The van der Waals surface area contributed by atoms with E-state index in [2.05, 4.69) is 94.5 Å². The zero-order chi connectivity index (χ0) is 32.4. The van der Waals surface area contributed by atoms with Crippen LogP contribution in [-0.2, 0) is 4.43 Å². The normalized spacial score (nSPS) is 13.4. The van der Waals surface area contributed by atoms with Crippen molar-refractivity contribution in [1.82, 2.24) is 24.7 Å². The molecule has 0 aliphatic rings. The second-order valence-corrected chi connectivity index (χ2v) is 19.3. The summed E-state index contributed by atoms with van der Waals surface area (Å²) in [5.41, 5.74) is 4.38. The summed E-state index contributed by atoms with van der Waals surface area (Å²) in [6.07, 6.45) is 7.86. The van der Waals surface area contributed by atoms with Crippen molar-refractivity contribution in [2.45, 2.75) is 92.1 Å². The Bertz CT molecular complexity index is 1560. The van der Waals surface area contributed by atoms with Crippen LogP contribution >= 0.6 is 0 Å². The Balaban J connectivity index is 1.74. The highest BCUT2D eigenvalue weighted by Crippen LogP contribution is 2.40. The summed E-state index contributed by atoms with van der Waals surface area (Å²) in [4.78, 5) is 15.6. The lowest BCUT2D eigenvalue weighted by Crippen LogP contribution is -2.46. The molecule has 4 rings (SSSR count). The van der Waals surface area contributed by atoms with Crippen molar-refractivity contribution < 1.29 is 13.9 Å². The van der Waals surface area contributed by atoms with Crippen molar-refractivity contribution >= 4 is 30.7 Å². The zero-order valence-corrected chi connectivity index (χ0v) is 29.6. The predicted molar refractivity (Wildman–Crippen MR) is 182 cm³/mol. The third-order valence-electron chi connectivity index (χ3n) is 8.28. The molecule has 4 aromatic rings. The third kappa shape index (κ3) is 7.76. The van der Waals surface area contributed by atoms with Crippen LogP contribution in [0.1, 0.15) is 67.9 Å². The fourth-order valence-electron chi connectivity index (χ4n) is 4.93. The van der Waals surface area contributed by atoms with E-state index in [1.165, 1.54) is 6.33 Å². The number of anilines is 2. The van der Waals surface area contributed by atoms with Gasteiger partial charge in [-0.25, -0.2) is 19.6 Å². The molecule has 0 saturated heterocycles. The van der Waals surface area contributed by atoms with Crippen molar-refractivity contribution in [3.05, 3.63) is 49.2 Å². The summed E-state index contributed by atoms with van der Waals surface area (Å²) in [7, 11) is 1.67. The van der Waals surface area contributed by atoms with E-state index < -0.39 is 8.32 Å². The molecule has 0 N–H and O–H groups in total. The van der Waals surface area contributed by atoms with Crippen molar-refractivity contribution in [2.75, 3.05) is 25.7 Å². The van der Waals surface area contributed by atoms with Gasteiger partial charge < -0.3 is 18.8 Å². The Morgan fingerprint density at radius 2 is 1.59 bits per heavy atom. The number of fused-ring (bicyclic) bond motifs is 1. The van der Waals surface area contributed by atoms with Crippen molar-refractivity contribution in [3.8, 4) is 22.8 Å². The summed E-state index contributed by atoms with van der Waals surface area (Å²) < 4.78 is 21.1. The third-order valence-corrected chi connectivity index (χ3v) is 12.8. The van der Waals surface area contributed by atoms with Gasteiger partial charge in [-0.1, -0.05) is 41.5 Å². The molecule has 0 aliphatic heterocycles. The van der Waals surface area contributed by atoms with Crippen LogP contribution < -0.4 is 14.4 Å². The number of methoxy groups -OCH3 is 1. The maximum absolute atomic E-state index is 6.88. The highest BCUT2D eigenvalue weighted by molar-refractivity contribution is 6.74. The Labute approximate surface area is 264 Å². The van der Waals surface area contributed by atoms with E-state index in [0.29, 0.717) is 18.1 Å². The van der Waals surface area contributed by atoms with E-state index in [-0.39, 0.29) is 22.6 Å². The first-order valence-corrected chi connectivity index (χ1v) is 18.3. The first-order valence-electron chi connectivity index (χ1n) is 15.4. The molecule has 9 nitrogen and oxygen atoms in total. The van der Waals surface area contributed by atoms with Crippen LogP contribution in [0.2, 0.25) is 18.1 Å². The zero-order valence-electron chi connectivity index (χ0n) is 28.6. The van der Waals surface area contributed by atoms with Gasteiger partial charge >= 0.3 is 0 Å². The SMILES string of the molecule is COc1cc(OCC(CC(C)(C)C)O[Si](C)(C)C(C)(C)C)cc(-c2cc(N(C)c3cncnc3)c3cnn(C(C)C)c3n2)c1. The van der Waals surface area contributed by atoms with Gasteiger partial charge in [0.25, 0.3) is 0 Å². The smallest absolute Gasteiger partial charge is 0.192 e. The lowest BCUT2D eigenvalue weighted by atomic mass is 9.89. The monoisotopic (exact) mass is 618 g/mol. The highest BCUT2D eigenvalue weighted by Gasteiger charge is 2.40. The quantitative estimate of drug-likeness (QED) is 0.155. The fourth-order valence-corrected chi connectivity index (χ4v) is 6.27. The summed E-state index contributed by atoms with van der Waals surface area (Å²) in [6, 6.07) is 8.16. The summed E-state index contributed by atoms with van der Waals surface area (Å²) in [5.74, 6) is 1.41. The minimum absolute atomic E-state index is 0.0336. The van der Waals surface area contributed by atoms with Crippen LogP contribution in [0.25, 0.3) is 22.3 Å². The van der Waals surface area contributed by atoms with Crippen molar-refractivity contribution in [1.29, 1.82) is 0 Å². The standard InChI is InChI=1S/C34H50N6O3Si/c1-23(2)40-32-29(20-37-40)31(39(9)25-18-35-22-36-19-25)16-30(38-32)24-13-26(41-10)15-27(14-24)42-21-28(17-33(3,4)5)43-44(11,12)34(6,7)8/h13-16,18-20,22-23,28H,17,21H2,1-12H3. The Morgan fingerprint density at radius 1 is 0.932 bits per heavy atom. The number of pyridine rings is 1. The first-order chi connectivity index (χ1) is 20.5. The Morgan fingerprint density at radius 3 is 2.18 bits per heavy atom. The minimum atomic E-state index is -2.00. The van der Waals surface area contributed by atoms with Crippen LogP contribution in [0.15, 0.2) is 49.2 Å². The number of benzene rings is 1. The van der Waals surface area contributed by atoms with Gasteiger partial charge in [0, 0.05) is 24.7 Å². The van der Waals surface area contributed by atoms with Gasteiger partial charge in [-0.2, -0.15) is 5.10 Å². The van der Waals surface area contributed by atoms with Crippen LogP contribution in [0, 0.1) is 5.41 Å². The van der Waals surface area contributed by atoms with Gasteiger partial charge in [0.2, 0.25) is 0 Å². The van der Waals surface area contributed by atoms with Crippen LogP contribution in [0.3, 0.4) is 0 Å². The lowest BCUT2D eigenvalue weighted by molar-refractivity contribution is 0.0788. The molecule has 0 aliphatic carbocycles. The number of hydrogen-bond acceptors (Lipinski definition) is 8. The molecule has 10 heteroatoms. The molecular formula is C34H50N6O3Si. The molecule has 0 amide bonds. The van der Waals surface area contributed by atoms with E-state index in [4.69, 9.17) is 18.9 Å². The number of hydrogen-bond donors (Lipinski definition) is 0. The highest BCUT2D eigenvalue weighted by atomic mass is 28.4. The predicted octanol–water partition coefficient (Wildman–Crippen LogP) is 8.45. The molecule has 0 saturated carbocycles. The van der Waals surface area contributed by atoms with Gasteiger partial charge in [-0.3, -0.25) is 0 Å². The largest absolute Gasteiger partial charge is 0.497 e. The topological polar surface area (TPSA) is 87.4 Å². The molecule has 1 atom stereocenters. The average molecular weight is 619 g/mol. The van der Waals surface area contributed by atoms with E-state index in [1.807, 2.05) is 36.1 Å². The molecule has 3 heterocycles. The van der Waals surface area contributed by atoms with Crippen LogP contribution in [-0.4, -0.2) is 59.9 Å². The van der Waals surface area contributed by atoms with Crippen LogP contribution in [0.5, 0.6) is 11.5 Å². The molecule has 0 radical (unpaired) electrons. The van der Waals surface area contributed by atoms with E-state index in [9.17, 15) is 0 Å². The molecule has 0 bridgehead atoms. The van der Waals surface area contributed by atoms with Crippen molar-refractivity contribution in [3.63, 3.8) is 0 Å². The maximum Gasteiger partial charge on any atom is 0.192 e. The molecule has 3 aromatic heterocycles. The molecule has 1 unspecified atom stereocenters. The Kier molecular flexibility index (Phi) is 9.75. The lowest BCUT2D eigenvalue weighted by Gasteiger charge is -2.40. The van der Waals surface area contributed by atoms with E-state index in [1.54, 1.807) is 19.5 Å². The number of rotatable bonds is 11. The molecule has 44 heavy (non-hydrogen) atoms. The van der Waals surface area contributed by atoms with Gasteiger partial charge in [0.1, 0.15) is 24.4 Å². The number of ether oxygens (including phenoxy) is 2. The summed E-state index contributed by atoms with van der Waals surface area (Å²) in [5, 5.41) is 5.73. The average Bonchev–Trinajstić information content (AvgIpc) is 3.38. The molecule has 0 spiro atoms. The number of nitrogens with zero attached hydrogens (tertiary/aromatic N) is 6. The fraction of sp³-hybridized carbons (Fsp3) is 0.529. The van der Waals surface area contributed by atoms with Gasteiger partial charge in [0.15, 0.2) is 14.0 Å². The summed E-state index contributed by atoms with van der Waals surface area (Å²) in [6.45, 7) is 22.8. The van der Waals surface area contributed by atoms with Gasteiger partial charge in [-0.15, -0.1) is 0 Å². The maximum atomic E-state index is 6.88. The molecular weight excluding hydrogens is 568 g/mol. The van der Waals surface area contributed by atoms with Gasteiger partial charge in [0.05, 0.1) is 54.3 Å². The van der Waals surface area contributed by atoms with E-state index in [0.717, 1.165) is 40.1 Å².